The van der Waals surface area contributed by atoms with Gasteiger partial charge in [0.1, 0.15) is 0 Å². The van der Waals surface area contributed by atoms with E-state index in [0.29, 0.717) is 0 Å². The van der Waals surface area contributed by atoms with Gasteiger partial charge in [0, 0.05) is 27.4 Å². The molecule has 0 amide bonds. The molecule has 198 valence electrons. The van der Waals surface area contributed by atoms with Crippen molar-refractivity contribution in [2.45, 2.75) is 6.23 Å². The van der Waals surface area contributed by atoms with Crippen molar-refractivity contribution < 1.29 is 4.74 Å². The molecule has 0 spiro atoms. The number of benzene rings is 7. The van der Waals surface area contributed by atoms with E-state index in [9.17, 15) is 0 Å². The summed E-state index contributed by atoms with van der Waals surface area (Å²) in [7, 11) is 0. The first-order valence-corrected chi connectivity index (χ1v) is 14.4. The molecule has 0 aliphatic carbocycles. The third kappa shape index (κ3) is 3.47. The van der Waals surface area contributed by atoms with Crippen molar-refractivity contribution in [2.24, 2.45) is 0 Å². The second-order valence-corrected chi connectivity index (χ2v) is 11.0. The van der Waals surface area contributed by atoms with Crippen LogP contribution in [0.1, 0.15) is 11.8 Å². The van der Waals surface area contributed by atoms with Gasteiger partial charge in [0.2, 0.25) is 0 Å². The van der Waals surface area contributed by atoms with Crippen LogP contribution in [0, 0.1) is 0 Å². The minimum absolute atomic E-state index is 0.189. The lowest BCUT2D eigenvalue weighted by Crippen LogP contribution is -2.09. The van der Waals surface area contributed by atoms with Crippen molar-refractivity contribution in [3.8, 4) is 22.6 Å². The summed E-state index contributed by atoms with van der Waals surface area (Å²) < 4.78 is 8.90. The van der Waals surface area contributed by atoms with Crippen LogP contribution in [-0.4, -0.2) is 4.57 Å². The minimum atomic E-state index is -0.189. The average molecular weight is 539 g/mol. The Balaban J connectivity index is 1.18. The highest BCUT2D eigenvalue weighted by Crippen LogP contribution is 2.46. The second-order valence-electron chi connectivity index (χ2n) is 11.0. The zero-order valence-corrected chi connectivity index (χ0v) is 22.8. The van der Waals surface area contributed by atoms with E-state index in [1.165, 1.54) is 54.8 Å². The average Bonchev–Trinajstić information content (AvgIpc) is 3.64. The van der Waals surface area contributed by atoms with Gasteiger partial charge in [-0.05, 0) is 69.8 Å². The highest BCUT2D eigenvalue weighted by Gasteiger charge is 2.26. The Morgan fingerprint density at radius 3 is 2.10 bits per heavy atom. The SMILES string of the molecule is c1ccc(C2Nc3ccc4ccc5cc(-c6ccc7c(c6)c6ccccc6n7-c6ccccc6)ccc5c4c3O2)cc1. The fourth-order valence-electron chi connectivity index (χ4n) is 6.61. The molecule has 0 radical (unpaired) electrons. The van der Waals surface area contributed by atoms with Crippen molar-refractivity contribution in [2.75, 3.05) is 5.32 Å². The number of aromatic nitrogens is 1. The molecular formula is C39H26N2O. The molecule has 1 N–H and O–H groups in total. The topological polar surface area (TPSA) is 26.2 Å². The van der Waals surface area contributed by atoms with Crippen LogP contribution >= 0.6 is 0 Å². The monoisotopic (exact) mass is 538 g/mol. The molecule has 9 rings (SSSR count). The zero-order chi connectivity index (χ0) is 27.6. The molecule has 1 unspecified atom stereocenters. The van der Waals surface area contributed by atoms with Gasteiger partial charge in [0.15, 0.2) is 12.0 Å². The standard InChI is InChI=1S/C39H26N2O/c1-3-9-26(10-4-1)39-40-34-21-18-25-15-16-29-23-27(17-20-31(29)37(25)38(34)42-39)28-19-22-36-33(24-28)32-13-7-8-14-35(32)41(36)30-11-5-2-6-12-30/h1-24,39-40H. The molecule has 2 heterocycles. The first-order chi connectivity index (χ1) is 20.8. The lowest BCUT2D eigenvalue weighted by Gasteiger charge is -2.12. The molecule has 3 nitrogen and oxygen atoms in total. The first kappa shape index (κ1) is 23.2. The second kappa shape index (κ2) is 8.98. The van der Waals surface area contributed by atoms with Crippen molar-refractivity contribution in [3.63, 3.8) is 0 Å². The maximum Gasteiger partial charge on any atom is 0.196 e. The maximum absolute atomic E-state index is 6.54. The normalized spacial score (nSPS) is 14.3. The molecule has 0 bridgehead atoms. The third-order valence-electron chi connectivity index (χ3n) is 8.60. The number of ether oxygens (including phenoxy) is 1. The highest BCUT2D eigenvalue weighted by atomic mass is 16.5. The van der Waals surface area contributed by atoms with Crippen LogP contribution in [0.25, 0.3) is 60.2 Å². The molecular weight excluding hydrogens is 512 g/mol. The Kier molecular flexibility index (Phi) is 4.96. The third-order valence-corrected chi connectivity index (χ3v) is 8.60. The Bertz CT molecular complexity index is 2300. The van der Waals surface area contributed by atoms with Crippen LogP contribution in [-0.2, 0) is 0 Å². The largest absolute Gasteiger partial charge is 0.464 e. The Morgan fingerprint density at radius 1 is 0.524 bits per heavy atom. The molecule has 0 saturated carbocycles. The van der Waals surface area contributed by atoms with E-state index in [-0.39, 0.29) is 6.23 Å². The Labute approximate surface area is 243 Å². The van der Waals surface area contributed by atoms with Gasteiger partial charge < -0.3 is 14.6 Å². The lowest BCUT2D eigenvalue weighted by molar-refractivity contribution is 0.263. The maximum atomic E-state index is 6.54. The van der Waals surface area contributed by atoms with E-state index in [4.69, 9.17) is 4.74 Å². The molecule has 1 aliphatic heterocycles. The number of hydrogen-bond acceptors (Lipinski definition) is 2. The molecule has 1 aromatic heterocycles. The van der Waals surface area contributed by atoms with Gasteiger partial charge in [-0.15, -0.1) is 0 Å². The number of nitrogens with zero attached hydrogens (tertiary/aromatic N) is 1. The lowest BCUT2D eigenvalue weighted by atomic mass is 9.96. The summed E-state index contributed by atoms with van der Waals surface area (Å²) >= 11 is 0. The van der Waals surface area contributed by atoms with Gasteiger partial charge in [-0.25, -0.2) is 0 Å². The summed E-state index contributed by atoms with van der Waals surface area (Å²) in [6.07, 6.45) is -0.189. The van der Waals surface area contributed by atoms with E-state index in [0.717, 1.165) is 22.4 Å². The molecule has 3 heteroatoms. The van der Waals surface area contributed by atoms with Crippen molar-refractivity contribution in [1.82, 2.24) is 4.57 Å². The van der Waals surface area contributed by atoms with Crippen LogP contribution < -0.4 is 10.1 Å². The van der Waals surface area contributed by atoms with E-state index >= 15 is 0 Å². The number of hydrogen-bond donors (Lipinski definition) is 1. The van der Waals surface area contributed by atoms with Crippen LogP contribution in [0.3, 0.4) is 0 Å². The summed E-state index contributed by atoms with van der Waals surface area (Å²) in [4.78, 5) is 0. The smallest absolute Gasteiger partial charge is 0.196 e. The number of nitrogens with one attached hydrogen (secondary N) is 1. The van der Waals surface area contributed by atoms with E-state index in [1.54, 1.807) is 0 Å². The fourth-order valence-corrected chi connectivity index (χ4v) is 6.61. The molecule has 7 aromatic carbocycles. The van der Waals surface area contributed by atoms with E-state index in [2.05, 4.69) is 149 Å². The van der Waals surface area contributed by atoms with Gasteiger partial charge >= 0.3 is 0 Å². The summed E-state index contributed by atoms with van der Waals surface area (Å²) in [5.74, 6) is 0.926. The predicted molar refractivity (Wildman–Crippen MR) is 175 cm³/mol. The van der Waals surface area contributed by atoms with E-state index < -0.39 is 0 Å². The van der Waals surface area contributed by atoms with Crippen LogP contribution in [0.4, 0.5) is 5.69 Å². The molecule has 8 aromatic rings. The van der Waals surface area contributed by atoms with Crippen molar-refractivity contribution in [3.05, 3.63) is 151 Å². The number of para-hydroxylation sites is 2. The molecule has 1 atom stereocenters. The number of fused-ring (bicyclic) bond motifs is 8. The number of anilines is 1. The Hall–Kier alpha value is -5.54. The molecule has 42 heavy (non-hydrogen) atoms. The summed E-state index contributed by atoms with van der Waals surface area (Å²) in [5.41, 5.74) is 8.17. The molecule has 1 aliphatic rings. The van der Waals surface area contributed by atoms with Gasteiger partial charge in [-0.1, -0.05) is 103 Å². The van der Waals surface area contributed by atoms with E-state index in [1.807, 2.05) is 6.07 Å². The van der Waals surface area contributed by atoms with Gasteiger partial charge in [0.05, 0.1) is 16.7 Å². The van der Waals surface area contributed by atoms with Crippen LogP contribution in [0.5, 0.6) is 5.75 Å². The Morgan fingerprint density at radius 2 is 1.21 bits per heavy atom. The van der Waals surface area contributed by atoms with Gasteiger partial charge in [0.25, 0.3) is 0 Å². The molecule has 0 fully saturated rings. The minimum Gasteiger partial charge on any atom is -0.464 e. The van der Waals surface area contributed by atoms with Gasteiger partial charge in [-0.2, -0.15) is 0 Å². The van der Waals surface area contributed by atoms with Crippen LogP contribution in [0.15, 0.2) is 146 Å². The first-order valence-electron chi connectivity index (χ1n) is 14.4. The quantitative estimate of drug-likeness (QED) is 0.227. The number of rotatable bonds is 3. The van der Waals surface area contributed by atoms with Gasteiger partial charge in [-0.3, -0.25) is 0 Å². The highest BCUT2D eigenvalue weighted by molar-refractivity contribution is 6.14. The predicted octanol–water partition coefficient (Wildman–Crippen LogP) is 10.3. The summed E-state index contributed by atoms with van der Waals surface area (Å²) in [6, 6.07) is 52.0. The molecule has 0 saturated heterocycles. The summed E-state index contributed by atoms with van der Waals surface area (Å²) in [6.45, 7) is 0. The van der Waals surface area contributed by atoms with Crippen molar-refractivity contribution >= 4 is 49.0 Å². The van der Waals surface area contributed by atoms with Crippen LogP contribution in [0.2, 0.25) is 0 Å². The zero-order valence-electron chi connectivity index (χ0n) is 22.8. The fraction of sp³-hybridized carbons (Fsp3) is 0.0256. The van der Waals surface area contributed by atoms with Crippen molar-refractivity contribution in [1.29, 1.82) is 0 Å². The summed E-state index contributed by atoms with van der Waals surface area (Å²) in [5, 5.41) is 10.8.